The number of aldehydes is 1. The van der Waals surface area contributed by atoms with E-state index in [-0.39, 0.29) is 18.7 Å². The van der Waals surface area contributed by atoms with Gasteiger partial charge in [0.2, 0.25) is 5.91 Å². The lowest BCUT2D eigenvalue weighted by Gasteiger charge is -2.38. The molecule has 4 rings (SSSR count). The first-order chi connectivity index (χ1) is 16.8. The molecule has 2 fully saturated rings. The summed E-state index contributed by atoms with van der Waals surface area (Å²) in [5.41, 5.74) is 0.872. The molecule has 1 atom stereocenters. The molecule has 35 heavy (non-hydrogen) atoms. The van der Waals surface area contributed by atoms with Crippen molar-refractivity contribution in [1.82, 2.24) is 24.5 Å². The van der Waals surface area contributed by atoms with Crippen molar-refractivity contribution >= 4 is 28.9 Å². The largest absolute Gasteiger partial charge is 0.367 e. The third-order valence-electron chi connectivity index (χ3n) is 7.35. The van der Waals surface area contributed by atoms with Gasteiger partial charge < -0.3 is 19.9 Å². The molecule has 3 heterocycles. The summed E-state index contributed by atoms with van der Waals surface area (Å²) >= 11 is 0. The van der Waals surface area contributed by atoms with Crippen molar-refractivity contribution in [3.05, 3.63) is 28.4 Å². The molecule has 0 saturated carbocycles. The van der Waals surface area contributed by atoms with Crippen LogP contribution in [0.15, 0.2) is 16.9 Å². The van der Waals surface area contributed by atoms with Crippen molar-refractivity contribution in [2.75, 3.05) is 57.8 Å². The highest BCUT2D eigenvalue weighted by molar-refractivity contribution is 5.92. The van der Waals surface area contributed by atoms with Crippen LogP contribution >= 0.6 is 0 Å². The minimum absolute atomic E-state index is 0.128. The fourth-order valence-electron chi connectivity index (χ4n) is 5.41. The molecule has 1 aromatic carbocycles. The first-order valence-corrected chi connectivity index (χ1v) is 12.3. The molecule has 9 nitrogen and oxygen atoms in total. The summed E-state index contributed by atoms with van der Waals surface area (Å²) < 4.78 is 31.3. The summed E-state index contributed by atoms with van der Waals surface area (Å²) in [6.45, 7) is 4.50. The number of rotatable bonds is 8. The third-order valence-corrected chi connectivity index (χ3v) is 7.35. The number of nitrogens with one attached hydrogen (secondary N) is 1. The topological polar surface area (TPSA) is 82.8 Å². The number of imidazole rings is 1. The van der Waals surface area contributed by atoms with Crippen molar-refractivity contribution in [2.45, 2.75) is 31.7 Å². The highest BCUT2D eigenvalue weighted by Crippen LogP contribution is 2.34. The highest BCUT2D eigenvalue weighted by atomic mass is 19.2. The smallest absolute Gasteiger partial charge is 0.329 e. The average Bonchev–Trinajstić information content (AvgIpc) is 3.11. The molecule has 0 radical (unpaired) electrons. The fraction of sp³-hybridized carbons (Fsp3) is 0.625. The molecule has 1 amide bonds. The lowest BCUT2D eigenvalue weighted by atomic mass is 9.95. The quantitative estimate of drug-likeness (QED) is 0.444. The monoisotopic (exact) mass is 492 g/mol. The van der Waals surface area contributed by atoms with Gasteiger partial charge in [-0.2, -0.15) is 0 Å². The Balaban J connectivity index is 1.60. The van der Waals surface area contributed by atoms with Crippen molar-refractivity contribution in [2.24, 2.45) is 13.0 Å². The molecular formula is C24H34F2N6O3. The molecule has 1 N–H and O–H groups in total. The van der Waals surface area contributed by atoms with Crippen LogP contribution in [-0.2, 0) is 16.6 Å². The summed E-state index contributed by atoms with van der Waals surface area (Å²) in [5.74, 6) is -0.331. The number of hydrogen-bond acceptors (Lipinski definition) is 6. The van der Waals surface area contributed by atoms with E-state index >= 15 is 4.39 Å². The third kappa shape index (κ3) is 5.11. The second-order valence-corrected chi connectivity index (χ2v) is 9.49. The van der Waals surface area contributed by atoms with E-state index in [1.807, 2.05) is 4.90 Å². The first-order valence-electron chi connectivity index (χ1n) is 12.3. The fourth-order valence-corrected chi connectivity index (χ4v) is 5.41. The number of hydrogen-bond donors (Lipinski definition) is 1. The number of aromatic nitrogens is 2. The van der Waals surface area contributed by atoms with Gasteiger partial charge >= 0.3 is 5.69 Å². The second-order valence-electron chi connectivity index (χ2n) is 9.49. The number of piperidine rings is 1. The molecule has 1 unspecified atom stereocenters. The van der Waals surface area contributed by atoms with Crippen LogP contribution in [0.3, 0.4) is 0 Å². The lowest BCUT2D eigenvalue weighted by Crippen LogP contribution is -2.46. The first kappa shape index (κ1) is 25.3. The Bertz CT molecular complexity index is 1120. The van der Waals surface area contributed by atoms with Crippen LogP contribution in [0.4, 0.5) is 14.6 Å². The summed E-state index contributed by atoms with van der Waals surface area (Å²) in [5, 5.41) is 3.42. The van der Waals surface area contributed by atoms with Crippen LogP contribution in [0.5, 0.6) is 0 Å². The molecule has 11 heteroatoms. The van der Waals surface area contributed by atoms with Gasteiger partial charge in [-0.25, -0.2) is 9.18 Å². The maximum absolute atomic E-state index is 15.2. The SMILES string of the molecule is CNC(=O)C(CCC=O)n1c(=O)n(C)c2c(N3CCC(CN4CCN(F)CC4)CC3)c(F)ccc21. The molecule has 192 valence electrons. The van der Waals surface area contributed by atoms with Crippen molar-refractivity contribution in [1.29, 1.82) is 0 Å². The Hall–Kier alpha value is -2.79. The van der Waals surface area contributed by atoms with Gasteiger partial charge in [-0.15, -0.1) is 9.60 Å². The average molecular weight is 493 g/mol. The number of carbonyl (C=O) groups excluding carboxylic acids is 2. The second kappa shape index (κ2) is 10.9. The molecular weight excluding hydrogens is 458 g/mol. The number of piperazine rings is 1. The van der Waals surface area contributed by atoms with E-state index in [1.54, 1.807) is 7.05 Å². The minimum Gasteiger partial charge on any atom is -0.367 e. The van der Waals surface area contributed by atoms with Gasteiger partial charge in [-0.1, -0.05) is 0 Å². The van der Waals surface area contributed by atoms with Gasteiger partial charge in [0.15, 0.2) is 0 Å². The Morgan fingerprint density at radius 2 is 1.86 bits per heavy atom. The van der Waals surface area contributed by atoms with Crippen LogP contribution < -0.4 is 15.9 Å². The van der Waals surface area contributed by atoms with Gasteiger partial charge in [-0.05, 0) is 37.3 Å². The standard InChI is InChI=1S/C24H34F2N6O3/c1-27-23(34)20(4-3-15-33)32-19-6-5-18(25)21(22(19)28(2)24(32)35)30-9-7-17(8-10-30)16-29-11-13-31(26)14-12-29/h5-6,15,17,20H,3-4,7-14,16H2,1-2H3,(H,27,34). The maximum Gasteiger partial charge on any atom is 0.329 e. The highest BCUT2D eigenvalue weighted by Gasteiger charge is 2.30. The number of likely N-dealkylation sites (N-methyl/N-ethyl adjacent to an activating group) is 1. The minimum atomic E-state index is -0.866. The van der Waals surface area contributed by atoms with Crippen LogP contribution in [0.1, 0.15) is 31.7 Å². The van der Waals surface area contributed by atoms with E-state index in [4.69, 9.17) is 0 Å². The van der Waals surface area contributed by atoms with Gasteiger partial charge in [0.05, 0.1) is 16.7 Å². The predicted molar refractivity (Wildman–Crippen MR) is 130 cm³/mol. The molecule has 0 bridgehead atoms. The van der Waals surface area contributed by atoms with Gasteiger partial charge in [0, 0.05) is 66.3 Å². The zero-order valence-electron chi connectivity index (χ0n) is 20.4. The van der Waals surface area contributed by atoms with Crippen LogP contribution in [0.2, 0.25) is 0 Å². The van der Waals surface area contributed by atoms with Crippen LogP contribution in [-0.4, -0.2) is 84.2 Å². The molecule has 1 aromatic heterocycles. The number of amides is 1. The Labute approximate surface area is 203 Å². The molecule has 0 spiro atoms. The van der Waals surface area contributed by atoms with Gasteiger partial charge in [-0.3, -0.25) is 13.9 Å². The van der Waals surface area contributed by atoms with Gasteiger partial charge in [0.1, 0.15) is 18.1 Å². The normalized spacial score (nSPS) is 19.3. The lowest BCUT2D eigenvalue weighted by molar-refractivity contribution is -0.124. The maximum atomic E-state index is 15.2. The number of halogens is 2. The Morgan fingerprint density at radius 1 is 1.17 bits per heavy atom. The zero-order valence-corrected chi connectivity index (χ0v) is 20.4. The number of anilines is 1. The number of benzene rings is 1. The van der Waals surface area contributed by atoms with E-state index in [0.717, 1.165) is 43.9 Å². The molecule has 2 aliphatic rings. The number of nitrogens with zero attached hydrogens (tertiary/aromatic N) is 5. The van der Waals surface area contributed by atoms with Crippen molar-refractivity contribution in [3.8, 4) is 0 Å². The molecule has 2 aromatic rings. The van der Waals surface area contributed by atoms with Crippen molar-refractivity contribution in [3.63, 3.8) is 0 Å². The van der Waals surface area contributed by atoms with E-state index in [9.17, 15) is 18.9 Å². The van der Waals surface area contributed by atoms with Crippen LogP contribution in [0, 0.1) is 11.7 Å². The van der Waals surface area contributed by atoms with E-state index in [0.29, 0.717) is 48.8 Å². The molecule has 2 saturated heterocycles. The number of aryl methyl sites for hydroxylation is 1. The summed E-state index contributed by atoms with van der Waals surface area (Å²) in [6.07, 6.45) is 2.78. The Morgan fingerprint density at radius 3 is 2.49 bits per heavy atom. The van der Waals surface area contributed by atoms with E-state index < -0.39 is 17.5 Å². The number of fused-ring (bicyclic) bond motifs is 1. The molecule has 0 aliphatic carbocycles. The van der Waals surface area contributed by atoms with E-state index in [1.165, 1.54) is 28.3 Å². The van der Waals surface area contributed by atoms with E-state index in [2.05, 4.69) is 10.2 Å². The zero-order chi connectivity index (χ0) is 25.1. The van der Waals surface area contributed by atoms with Crippen molar-refractivity contribution < 1.29 is 18.5 Å². The Kier molecular flexibility index (Phi) is 7.85. The summed E-state index contributed by atoms with van der Waals surface area (Å²) in [7, 11) is 3.07. The van der Waals surface area contributed by atoms with Gasteiger partial charge in [0.25, 0.3) is 0 Å². The molecule has 2 aliphatic heterocycles. The summed E-state index contributed by atoms with van der Waals surface area (Å²) in [6, 6.07) is 2.01. The van der Waals surface area contributed by atoms with Crippen LogP contribution in [0.25, 0.3) is 11.0 Å². The number of carbonyl (C=O) groups is 2. The predicted octanol–water partition coefficient (Wildman–Crippen LogP) is 1.46. The summed E-state index contributed by atoms with van der Waals surface area (Å²) in [4.78, 5) is 41.1.